The summed E-state index contributed by atoms with van der Waals surface area (Å²) in [4.78, 5) is 22.8. The van der Waals surface area contributed by atoms with Crippen molar-refractivity contribution in [2.45, 2.75) is 58.3 Å². The minimum absolute atomic E-state index is 0.0107. The Hall–Kier alpha value is -0.683. The molecule has 0 unspecified atom stereocenters. The summed E-state index contributed by atoms with van der Waals surface area (Å²) in [6.07, 6.45) is 1.71. The number of hydrogen-bond acceptors (Lipinski definition) is 3. The summed E-state index contributed by atoms with van der Waals surface area (Å²) >= 11 is 0. The van der Waals surface area contributed by atoms with Crippen molar-refractivity contribution < 1.29 is 14.0 Å². The van der Waals surface area contributed by atoms with Gasteiger partial charge in [-0.2, -0.15) is 0 Å². The van der Waals surface area contributed by atoms with Crippen LogP contribution < -0.4 is 5.32 Å². The Labute approximate surface area is 117 Å². The van der Waals surface area contributed by atoms with Crippen LogP contribution in [0.4, 0.5) is 0 Å². The van der Waals surface area contributed by atoms with Crippen molar-refractivity contribution in [3.05, 3.63) is 0 Å². The van der Waals surface area contributed by atoms with E-state index in [1.54, 1.807) is 0 Å². The molecule has 0 aromatic heterocycles. The highest BCUT2D eigenvalue weighted by atomic mass is 28.4. The average Bonchev–Trinajstić information content (AvgIpc) is 2.99. The molecule has 0 saturated heterocycles. The van der Waals surface area contributed by atoms with Gasteiger partial charge >= 0.3 is 0 Å². The predicted molar refractivity (Wildman–Crippen MR) is 78.4 cm³/mol. The highest BCUT2D eigenvalue weighted by Gasteiger charge is 2.40. The molecule has 1 saturated carbocycles. The molecule has 19 heavy (non-hydrogen) atoms. The molecule has 0 spiro atoms. The van der Waals surface area contributed by atoms with E-state index in [0.29, 0.717) is 5.92 Å². The van der Waals surface area contributed by atoms with Crippen LogP contribution >= 0.6 is 0 Å². The van der Waals surface area contributed by atoms with Crippen molar-refractivity contribution in [1.29, 1.82) is 0 Å². The average molecular weight is 285 g/mol. The van der Waals surface area contributed by atoms with E-state index in [2.05, 4.69) is 39.2 Å². The first-order chi connectivity index (χ1) is 8.58. The van der Waals surface area contributed by atoms with E-state index in [4.69, 9.17) is 4.43 Å². The summed E-state index contributed by atoms with van der Waals surface area (Å²) in [6.45, 7) is 13.1. The lowest BCUT2D eigenvalue weighted by molar-refractivity contribution is -0.125. The van der Waals surface area contributed by atoms with Gasteiger partial charge in [-0.3, -0.25) is 4.79 Å². The molecular formula is C14H27NO3Si. The number of aldehydes is 1. The topological polar surface area (TPSA) is 55.4 Å². The van der Waals surface area contributed by atoms with Gasteiger partial charge in [-0.05, 0) is 30.5 Å². The lowest BCUT2D eigenvalue weighted by Gasteiger charge is -2.36. The van der Waals surface area contributed by atoms with Gasteiger partial charge in [0.1, 0.15) is 12.3 Å². The predicted octanol–water partition coefficient (Wildman–Crippen LogP) is 2.35. The Kier molecular flexibility index (Phi) is 4.95. The largest absolute Gasteiger partial charge is 0.414 e. The van der Waals surface area contributed by atoms with E-state index < -0.39 is 14.4 Å². The van der Waals surface area contributed by atoms with Gasteiger partial charge in [0.05, 0.1) is 6.61 Å². The Morgan fingerprint density at radius 2 is 2.00 bits per heavy atom. The van der Waals surface area contributed by atoms with E-state index in [0.717, 1.165) is 12.7 Å². The second-order valence-corrected chi connectivity index (χ2v) is 12.0. The van der Waals surface area contributed by atoms with E-state index in [1.807, 2.05) is 6.92 Å². The van der Waals surface area contributed by atoms with Gasteiger partial charge in [-0.15, -0.1) is 0 Å². The molecular weight excluding hydrogens is 258 g/mol. The quantitative estimate of drug-likeness (QED) is 0.602. The fourth-order valence-corrected chi connectivity index (χ4v) is 2.64. The Balaban J connectivity index is 2.45. The normalized spacial score (nSPS) is 24.7. The fourth-order valence-electron chi connectivity index (χ4n) is 1.61. The van der Waals surface area contributed by atoms with Crippen LogP contribution in [0.5, 0.6) is 0 Å². The van der Waals surface area contributed by atoms with Gasteiger partial charge < -0.3 is 14.5 Å². The van der Waals surface area contributed by atoms with Gasteiger partial charge in [-0.25, -0.2) is 0 Å². The highest BCUT2D eigenvalue weighted by Crippen LogP contribution is 2.38. The number of carbonyl (C=O) groups is 2. The molecule has 110 valence electrons. The van der Waals surface area contributed by atoms with Crippen molar-refractivity contribution in [2.24, 2.45) is 11.8 Å². The van der Waals surface area contributed by atoms with Crippen LogP contribution in [0.15, 0.2) is 0 Å². The third-order valence-corrected chi connectivity index (χ3v) is 8.87. The molecule has 0 aromatic carbocycles. The molecule has 0 aromatic rings. The third kappa shape index (κ3) is 4.42. The van der Waals surface area contributed by atoms with Gasteiger partial charge in [-0.1, -0.05) is 27.7 Å². The van der Waals surface area contributed by atoms with Crippen molar-refractivity contribution in [3.8, 4) is 0 Å². The molecule has 3 atom stereocenters. The number of amides is 1. The van der Waals surface area contributed by atoms with Crippen molar-refractivity contribution in [3.63, 3.8) is 0 Å². The van der Waals surface area contributed by atoms with Gasteiger partial charge in [0, 0.05) is 5.92 Å². The Morgan fingerprint density at radius 1 is 1.47 bits per heavy atom. The summed E-state index contributed by atoms with van der Waals surface area (Å²) in [5.41, 5.74) is 0. The minimum atomic E-state index is -1.87. The molecule has 0 radical (unpaired) electrons. The van der Waals surface area contributed by atoms with Crippen molar-refractivity contribution in [2.75, 3.05) is 6.61 Å². The Morgan fingerprint density at radius 3 is 2.37 bits per heavy atom. The van der Waals surface area contributed by atoms with Gasteiger partial charge in [0.15, 0.2) is 8.32 Å². The second kappa shape index (κ2) is 5.75. The monoisotopic (exact) mass is 285 g/mol. The third-order valence-electron chi connectivity index (χ3n) is 4.37. The Bertz CT molecular complexity index is 349. The maximum Gasteiger partial charge on any atom is 0.224 e. The molecule has 1 rings (SSSR count). The molecule has 1 aliphatic rings. The number of hydrogen-bond donors (Lipinski definition) is 1. The molecule has 1 N–H and O–H groups in total. The maximum atomic E-state index is 11.8. The second-order valence-electron chi connectivity index (χ2n) is 7.14. The lowest BCUT2D eigenvalue weighted by atomic mass is 10.2. The fraction of sp³-hybridized carbons (Fsp3) is 0.857. The molecule has 1 fully saturated rings. The first kappa shape index (κ1) is 16.4. The lowest BCUT2D eigenvalue weighted by Crippen LogP contribution is -2.47. The van der Waals surface area contributed by atoms with Crippen LogP contribution in [0.3, 0.4) is 0 Å². The highest BCUT2D eigenvalue weighted by molar-refractivity contribution is 6.74. The molecule has 1 amide bonds. The zero-order valence-electron chi connectivity index (χ0n) is 12.9. The van der Waals surface area contributed by atoms with E-state index in [9.17, 15) is 9.59 Å². The molecule has 4 nitrogen and oxygen atoms in total. The SMILES string of the molecule is C[C@H]1C[C@H]1C(=O)N[C@H](C=O)CO[Si](C)(C)C(C)(C)C. The van der Waals surface area contributed by atoms with Gasteiger partial charge in [0.2, 0.25) is 5.91 Å². The molecule has 0 heterocycles. The van der Waals surface area contributed by atoms with E-state index in [1.165, 1.54) is 0 Å². The van der Waals surface area contributed by atoms with Crippen molar-refractivity contribution >= 4 is 20.5 Å². The maximum absolute atomic E-state index is 11.8. The number of rotatable bonds is 6. The summed E-state index contributed by atoms with van der Waals surface area (Å²) in [5, 5.41) is 2.88. The summed E-state index contributed by atoms with van der Waals surface area (Å²) < 4.78 is 5.97. The number of nitrogens with one attached hydrogen (secondary N) is 1. The summed E-state index contributed by atoms with van der Waals surface area (Å²) in [7, 11) is -1.87. The zero-order chi connectivity index (χ0) is 14.8. The van der Waals surface area contributed by atoms with Crippen LogP contribution in [0.2, 0.25) is 18.1 Å². The molecule has 0 aliphatic heterocycles. The van der Waals surface area contributed by atoms with E-state index >= 15 is 0 Å². The van der Waals surface area contributed by atoms with Crippen molar-refractivity contribution in [1.82, 2.24) is 5.32 Å². The minimum Gasteiger partial charge on any atom is -0.414 e. The van der Waals surface area contributed by atoms with E-state index in [-0.39, 0.29) is 23.5 Å². The zero-order valence-corrected chi connectivity index (χ0v) is 13.9. The molecule has 1 aliphatic carbocycles. The summed E-state index contributed by atoms with van der Waals surface area (Å²) in [6, 6.07) is -0.519. The molecule has 5 heteroatoms. The van der Waals surface area contributed by atoms with Crippen LogP contribution in [-0.2, 0) is 14.0 Å². The standard InChI is InChI=1S/C14H27NO3Si/c1-10-7-12(10)13(17)15-11(8-16)9-18-19(5,6)14(2,3)4/h8,10-12H,7,9H2,1-6H3,(H,15,17)/t10-,11+,12+/m0/s1. The smallest absolute Gasteiger partial charge is 0.224 e. The van der Waals surface area contributed by atoms with Crippen LogP contribution in [0.25, 0.3) is 0 Å². The van der Waals surface area contributed by atoms with Gasteiger partial charge in [0.25, 0.3) is 0 Å². The van der Waals surface area contributed by atoms with Crippen LogP contribution in [0, 0.1) is 11.8 Å². The summed E-state index contributed by atoms with van der Waals surface area (Å²) in [5.74, 6) is 0.535. The first-order valence-corrected chi connectivity index (χ1v) is 9.89. The van der Waals surface area contributed by atoms with Crippen LogP contribution in [-0.4, -0.2) is 33.2 Å². The molecule has 0 bridgehead atoms. The van der Waals surface area contributed by atoms with Crippen LogP contribution in [0.1, 0.15) is 34.1 Å². The number of carbonyl (C=O) groups excluding carboxylic acids is 2. The first-order valence-electron chi connectivity index (χ1n) is 6.98.